The van der Waals surface area contributed by atoms with Gasteiger partial charge in [0.1, 0.15) is 12.4 Å². The number of rotatable bonds is 5. The molecule has 6 nitrogen and oxygen atoms in total. The minimum Gasteiger partial charge on any atom is -0.438 e. The lowest BCUT2D eigenvalue weighted by molar-refractivity contribution is 0.306. The van der Waals surface area contributed by atoms with Gasteiger partial charge in [-0.25, -0.2) is 4.98 Å². The van der Waals surface area contributed by atoms with Crippen LogP contribution in [0.4, 0.5) is 0 Å². The standard InChI is InChI=1S/C12H11ClN2O4S/c1-20(16,17)18-8-10-6-15-12(7-14-10)19-11-4-2-9(13)3-5-11/h2-7H,8H2,1H3. The summed E-state index contributed by atoms with van der Waals surface area (Å²) >= 11 is 5.76. The van der Waals surface area contributed by atoms with Crippen LogP contribution in [0.1, 0.15) is 5.69 Å². The minimum atomic E-state index is -3.50. The fraction of sp³-hybridized carbons (Fsp3) is 0.167. The van der Waals surface area contributed by atoms with Crippen molar-refractivity contribution in [1.82, 2.24) is 9.97 Å². The highest BCUT2D eigenvalue weighted by Gasteiger charge is 2.05. The molecule has 1 aromatic heterocycles. The molecular formula is C12H11ClN2O4S. The van der Waals surface area contributed by atoms with Gasteiger partial charge >= 0.3 is 0 Å². The Labute approximate surface area is 121 Å². The zero-order valence-electron chi connectivity index (χ0n) is 10.5. The molecular weight excluding hydrogens is 304 g/mol. The van der Waals surface area contributed by atoms with Crippen molar-refractivity contribution >= 4 is 21.7 Å². The molecule has 0 amide bonds. The molecule has 8 heteroatoms. The third kappa shape index (κ3) is 4.76. The number of ether oxygens (including phenoxy) is 1. The van der Waals surface area contributed by atoms with E-state index in [1.54, 1.807) is 24.3 Å². The predicted octanol–water partition coefficient (Wildman–Crippen LogP) is 2.40. The molecule has 0 aliphatic heterocycles. The molecule has 0 saturated carbocycles. The zero-order valence-corrected chi connectivity index (χ0v) is 12.1. The van der Waals surface area contributed by atoms with Gasteiger partial charge in [0.25, 0.3) is 10.1 Å². The summed E-state index contributed by atoms with van der Waals surface area (Å²) in [5, 5.41) is 0.608. The Morgan fingerprint density at radius 2 is 1.85 bits per heavy atom. The van der Waals surface area contributed by atoms with E-state index in [-0.39, 0.29) is 12.5 Å². The first kappa shape index (κ1) is 14.7. The lowest BCUT2D eigenvalue weighted by atomic mass is 10.3. The van der Waals surface area contributed by atoms with Crippen molar-refractivity contribution in [1.29, 1.82) is 0 Å². The number of hydrogen-bond acceptors (Lipinski definition) is 6. The molecule has 0 spiro atoms. The lowest BCUT2D eigenvalue weighted by Crippen LogP contribution is -2.04. The largest absolute Gasteiger partial charge is 0.438 e. The lowest BCUT2D eigenvalue weighted by Gasteiger charge is -2.05. The molecule has 0 atom stereocenters. The van der Waals surface area contributed by atoms with E-state index in [1.807, 2.05) is 0 Å². The highest BCUT2D eigenvalue weighted by molar-refractivity contribution is 7.85. The van der Waals surface area contributed by atoms with Crippen LogP contribution in [-0.2, 0) is 20.9 Å². The van der Waals surface area contributed by atoms with E-state index in [0.717, 1.165) is 6.26 Å². The second-order valence-corrected chi connectivity index (χ2v) is 5.95. The van der Waals surface area contributed by atoms with Crippen LogP contribution in [0.15, 0.2) is 36.7 Å². The number of aromatic nitrogens is 2. The first-order chi connectivity index (χ1) is 9.42. The molecule has 1 heterocycles. The molecule has 20 heavy (non-hydrogen) atoms. The molecule has 0 saturated heterocycles. The molecule has 0 unspecified atom stereocenters. The van der Waals surface area contributed by atoms with Gasteiger partial charge < -0.3 is 4.74 Å². The van der Waals surface area contributed by atoms with Crippen molar-refractivity contribution in [2.75, 3.05) is 6.26 Å². The van der Waals surface area contributed by atoms with E-state index in [4.69, 9.17) is 16.3 Å². The fourth-order valence-electron chi connectivity index (χ4n) is 1.26. The van der Waals surface area contributed by atoms with E-state index < -0.39 is 10.1 Å². The maximum absolute atomic E-state index is 10.8. The predicted molar refractivity (Wildman–Crippen MR) is 73.2 cm³/mol. The van der Waals surface area contributed by atoms with Crippen LogP contribution < -0.4 is 4.74 Å². The number of nitrogens with zero attached hydrogens (tertiary/aromatic N) is 2. The Kier molecular flexibility index (Phi) is 4.53. The van der Waals surface area contributed by atoms with Gasteiger partial charge in [-0.3, -0.25) is 9.17 Å². The maximum Gasteiger partial charge on any atom is 0.264 e. The quantitative estimate of drug-likeness (QED) is 0.789. The van der Waals surface area contributed by atoms with Crippen LogP contribution in [0.5, 0.6) is 11.6 Å². The monoisotopic (exact) mass is 314 g/mol. The van der Waals surface area contributed by atoms with Crippen molar-refractivity contribution in [3.63, 3.8) is 0 Å². The Hall–Kier alpha value is -1.70. The number of halogens is 1. The minimum absolute atomic E-state index is 0.160. The number of hydrogen-bond donors (Lipinski definition) is 0. The highest BCUT2D eigenvalue weighted by Crippen LogP contribution is 2.20. The van der Waals surface area contributed by atoms with Crippen molar-refractivity contribution in [3.05, 3.63) is 47.4 Å². The van der Waals surface area contributed by atoms with Gasteiger partial charge in [0.05, 0.1) is 24.3 Å². The molecule has 0 N–H and O–H groups in total. The summed E-state index contributed by atoms with van der Waals surface area (Å²) in [6.07, 6.45) is 3.74. The van der Waals surface area contributed by atoms with Crippen molar-refractivity contribution in [2.45, 2.75) is 6.61 Å². The van der Waals surface area contributed by atoms with Gasteiger partial charge in [0.2, 0.25) is 5.88 Å². The summed E-state index contributed by atoms with van der Waals surface area (Å²) in [5.41, 5.74) is 0.388. The molecule has 0 radical (unpaired) electrons. The van der Waals surface area contributed by atoms with Gasteiger partial charge in [0.15, 0.2) is 0 Å². The van der Waals surface area contributed by atoms with Crippen LogP contribution >= 0.6 is 11.6 Å². The molecule has 0 fully saturated rings. The van der Waals surface area contributed by atoms with Crippen LogP contribution in [-0.4, -0.2) is 24.6 Å². The smallest absolute Gasteiger partial charge is 0.264 e. The molecule has 106 valence electrons. The normalized spacial score (nSPS) is 11.3. The third-order valence-corrected chi connectivity index (χ3v) is 2.94. The second kappa shape index (κ2) is 6.17. The van der Waals surface area contributed by atoms with Gasteiger partial charge in [-0.2, -0.15) is 8.42 Å². The van der Waals surface area contributed by atoms with E-state index in [2.05, 4.69) is 14.2 Å². The number of benzene rings is 1. The van der Waals surface area contributed by atoms with Crippen LogP contribution in [0.25, 0.3) is 0 Å². The van der Waals surface area contributed by atoms with Gasteiger partial charge in [-0.1, -0.05) is 11.6 Å². The van der Waals surface area contributed by atoms with Crippen molar-refractivity contribution in [2.24, 2.45) is 0 Å². The van der Waals surface area contributed by atoms with Crippen molar-refractivity contribution in [3.8, 4) is 11.6 Å². The Morgan fingerprint density at radius 3 is 2.40 bits per heavy atom. The third-order valence-electron chi connectivity index (χ3n) is 2.14. The maximum atomic E-state index is 10.8. The molecule has 0 bridgehead atoms. The average molecular weight is 315 g/mol. The first-order valence-corrected chi connectivity index (χ1v) is 7.70. The van der Waals surface area contributed by atoms with E-state index in [0.29, 0.717) is 16.5 Å². The summed E-state index contributed by atoms with van der Waals surface area (Å²) in [6, 6.07) is 6.78. The molecule has 2 aromatic rings. The summed E-state index contributed by atoms with van der Waals surface area (Å²) in [7, 11) is -3.50. The summed E-state index contributed by atoms with van der Waals surface area (Å²) in [4.78, 5) is 8.00. The summed E-state index contributed by atoms with van der Waals surface area (Å²) < 4.78 is 31.7. The SMILES string of the molecule is CS(=O)(=O)OCc1cnc(Oc2ccc(Cl)cc2)cn1. The molecule has 0 aliphatic rings. The molecule has 1 aromatic carbocycles. The highest BCUT2D eigenvalue weighted by atomic mass is 35.5. The fourth-order valence-corrected chi connectivity index (χ4v) is 1.72. The van der Waals surface area contributed by atoms with Crippen LogP contribution in [0.3, 0.4) is 0 Å². The van der Waals surface area contributed by atoms with E-state index in [9.17, 15) is 8.42 Å². The summed E-state index contributed by atoms with van der Waals surface area (Å²) in [6.45, 7) is -0.160. The zero-order chi connectivity index (χ0) is 14.6. The van der Waals surface area contributed by atoms with Gasteiger partial charge in [-0.15, -0.1) is 0 Å². The van der Waals surface area contributed by atoms with E-state index >= 15 is 0 Å². The van der Waals surface area contributed by atoms with Gasteiger partial charge in [-0.05, 0) is 24.3 Å². The average Bonchev–Trinajstić information content (AvgIpc) is 2.40. The van der Waals surface area contributed by atoms with Crippen LogP contribution in [0, 0.1) is 0 Å². The summed E-state index contributed by atoms with van der Waals surface area (Å²) in [5.74, 6) is 0.860. The Morgan fingerprint density at radius 1 is 1.15 bits per heavy atom. The Bertz CT molecular complexity index is 672. The van der Waals surface area contributed by atoms with Crippen LogP contribution in [0.2, 0.25) is 5.02 Å². The first-order valence-electron chi connectivity index (χ1n) is 5.51. The van der Waals surface area contributed by atoms with Gasteiger partial charge in [0, 0.05) is 5.02 Å². The van der Waals surface area contributed by atoms with E-state index in [1.165, 1.54) is 12.4 Å². The second-order valence-electron chi connectivity index (χ2n) is 3.87. The molecule has 2 rings (SSSR count). The topological polar surface area (TPSA) is 78.4 Å². The Balaban J connectivity index is 1.99. The molecule has 0 aliphatic carbocycles. The van der Waals surface area contributed by atoms with Crippen molar-refractivity contribution < 1.29 is 17.3 Å².